The first-order chi connectivity index (χ1) is 8.40. The van der Waals surface area contributed by atoms with Gasteiger partial charge in [0.1, 0.15) is 5.75 Å². The molecule has 0 saturated heterocycles. The highest BCUT2D eigenvalue weighted by molar-refractivity contribution is 9.09. The molecule has 0 fully saturated rings. The van der Waals surface area contributed by atoms with Crippen molar-refractivity contribution in [1.82, 2.24) is 5.32 Å². The molecule has 100 valence electrons. The SMILES string of the molecule is Cc1cc(O)ccc1C(=O)NCC(Br)CC(C)C. The number of alkyl halides is 1. The van der Waals surface area contributed by atoms with Gasteiger partial charge in [-0.3, -0.25) is 4.79 Å². The number of rotatable bonds is 5. The van der Waals surface area contributed by atoms with Crippen molar-refractivity contribution < 1.29 is 9.90 Å². The van der Waals surface area contributed by atoms with E-state index in [2.05, 4.69) is 35.1 Å². The number of aryl methyl sites for hydroxylation is 1. The summed E-state index contributed by atoms with van der Waals surface area (Å²) in [6.45, 7) is 6.73. The standard InChI is InChI=1S/C14H20BrNO2/c1-9(2)6-11(15)8-16-14(18)13-5-4-12(17)7-10(13)3/h4-5,7,9,11,17H,6,8H2,1-3H3,(H,16,18). The minimum Gasteiger partial charge on any atom is -0.508 e. The average molecular weight is 314 g/mol. The van der Waals surface area contributed by atoms with Crippen LogP contribution in [0.15, 0.2) is 18.2 Å². The predicted molar refractivity (Wildman–Crippen MR) is 77.3 cm³/mol. The van der Waals surface area contributed by atoms with E-state index in [1.165, 1.54) is 6.07 Å². The Kier molecular flexibility index (Phi) is 5.66. The Labute approximate surface area is 117 Å². The van der Waals surface area contributed by atoms with E-state index in [4.69, 9.17) is 0 Å². The largest absolute Gasteiger partial charge is 0.508 e. The van der Waals surface area contributed by atoms with Gasteiger partial charge in [-0.25, -0.2) is 0 Å². The lowest BCUT2D eigenvalue weighted by molar-refractivity contribution is 0.0952. The molecule has 4 heteroatoms. The highest BCUT2D eigenvalue weighted by Gasteiger charge is 2.12. The fraction of sp³-hybridized carbons (Fsp3) is 0.500. The van der Waals surface area contributed by atoms with Crippen LogP contribution in [0, 0.1) is 12.8 Å². The van der Waals surface area contributed by atoms with Crippen molar-refractivity contribution in [2.45, 2.75) is 32.0 Å². The fourth-order valence-corrected chi connectivity index (χ4v) is 2.71. The van der Waals surface area contributed by atoms with E-state index in [1.807, 2.05) is 6.92 Å². The van der Waals surface area contributed by atoms with Crippen LogP contribution in [0.2, 0.25) is 0 Å². The van der Waals surface area contributed by atoms with Gasteiger partial charge in [-0.15, -0.1) is 0 Å². The Morgan fingerprint density at radius 2 is 2.11 bits per heavy atom. The van der Waals surface area contributed by atoms with Gasteiger partial charge >= 0.3 is 0 Å². The van der Waals surface area contributed by atoms with Crippen LogP contribution in [0.1, 0.15) is 36.2 Å². The van der Waals surface area contributed by atoms with Gasteiger partial charge in [-0.05, 0) is 43.0 Å². The molecule has 1 aromatic carbocycles. The first kappa shape index (κ1) is 15.0. The maximum absolute atomic E-state index is 12.0. The van der Waals surface area contributed by atoms with Gasteiger partial charge in [0.05, 0.1) is 0 Å². The first-order valence-corrected chi connectivity index (χ1v) is 7.03. The molecule has 1 rings (SSSR count). The molecular weight excluding hydrogens is 294 g/mol. The van der Waals surface area contributed by atoms with Crippen LogP contribution in [-0.2, 0) is 0 Å². The summed E-state index contributed by atoms with van der Waals surface area (Å²) in [7, 11) is 0. The summed E-state index contributed by atoms with van der Waals surface area (Å²) in [5, 5.41) is 12.2. The van der Waals surface area contributed by atoms with Crippen molar-refractivity contribution in [3.63, 3.8) is 0 Å². The number of carbonyl (C=O) groups is 1. The zero-order chi connectivity index (χ0) is 13.7. The van der Waals surface area contributed by atoms with Crippen LogP contribution in [0.25, 0.3) is 0 Å². The molecule has 2 N–H and O–H groups in total. The molecule has 0 bridgehead atoms. The van der Waals surface area contributed by atoms with Crippen molar-refractivity contribution in [2.24, 2.45) is 5.92 Å². The maximum Gasteiger partial charge on any atom is 0.251 e. The summed E-state index contributed by atoms with van der Waals surface area (Å²) in [6, 6.07) is 4.77. The maximum atomic E-state index is 12.0. The number of carbonyl (C=O) groups excluding carboxylic acids is 1. The second-order valence-corrected chi connectivity index (χ2v) is 6.23. The Balaban J connectivity index is 2.55. The summed E-state index contributed by atoms with van der Waals surface area (Å²) in [6.07, 6.45) is 1.02. The third-order valence-corrected chi connectivity index (χ3v) is 3.36. The number of phenols is 1. The number of hydrogen-bond acceptors (Lipinski definition) is 2. The zero-order valence-electron chi connectivity index (χ0n) is 11.0. The molecule has 0 saturated carbocycles. The Hall–Kier alpha value is -1.03. The molecule has 1 atom stereocenters. The minimum absolute atomic E-state index is 0.0966. The lowest BCUT2D eigenvalue weighted by Gasteiger charge is -2.14. The van der Waals surface area contributed by atoms with Crippen molar-refractivity contribution in [3.05, 3.63) is 29.3 Å². The average Bonchev–Trinajstić information content (AvgIpc) is 2.25. The third kappa shape index (κ3) is 4.69. The molecule has 1 aromatic rings. The fourth-order valence-electron chi connectivity index (χ4n) is 1.80. The van der Waals surface area contributed by atoms with Gasteiger partial charge in [-0.1, -0.05) is 29.8 Å². The van der Waals surface area contributed by atoms with E-state index in [1.54, 1.807) is 12.1 Å². The molecule has 1 amide bonds. The molecule has 0 radical (unpaired) electrons. The van der Waals surface area contributed by atoms with E-state index in [0.29, 0.717) is 22.9 Å². The second kappa shape index (κ2) is 6.78. The topological polar surface area (TPSA) is 49.3 Å². The van der Waals surface area contributed by atoms with E-state index in [0.717, 1.165) is 12.0 Å². The molecule has 0 aromatic heterocycles. The summed E-state index contributed by atoms with van der Waals surface area (Å²) >= 11 is 3.55. The highest BCUT2D eigenvalue weighted by atomic mass is 79.9. The van der Waals surface area contributed by atoms with Crippen LogP contribution in [-0.4, -0.2) is 22.4 Å². The molecule has 0 aliphatic rings. The number of amides is 1. The van der Waals surface area contributed by atoms with Crippen LogP contribution >= 0.6 is 15.9 Å². The molecule has 1 unspecified atom stereocenters. The van der Waals surface area contributed by atoms with Crippen molar-refractivity contribution in [2.75, 3.05) is 6.54 Å². The predicted octanol–water partition coefficient (Wildman–Crippen LogP) is 3.24. The van der Waals surface area contributed by atoms with Gasteiger partial charge < -0.3 is 10.4 Å². The van der Waals surface area contributed by atoms with Crippen molar-refractivity contribution >= 4 is 21.8 Å². The molecular formula is C14H20BrNO2. The lowest BCUT2D eigenvalue weighted by Crippen LogP contribution is -2.30. The molecule has 0 spiro atoms. The zero-order valence-corrected chi connectivity index (χ0v) is 12.6. The van der Waals surface area contributed by atoms with Crippen LogP contribution in [0.5, 0.6) is 5.75 Å². The van der Waals surface area contributed by atoms with E-state index < -0.39 is 0 Å². The van der Waals surface area contributed by atoms with E-state index in [-0.39, 0.29) is 11.7 Å². The summed E-state index contributed by atoms with van der Waals surface area (Å²) in [5.41, 5.74) is 1.39. The van der Waals surface area contributed by atoms with E-state index >= 15 is 0 Å². The number of aromatic hydroxyl groups is 1. The first-order valence-electron chi connectivity index (χ1n) is 6.12. The minimum atomic E-state index is -0.0966. The van der Waals surface area contributed by atoms with E-state index in [9.17, 15) is 9.90 Å². The van der Waals surface area contributed by atoms with Gasteiger partial charge in [0, 0.05) is 16.9 Å². The van der Waals surface area contributed by atoms with Crippen LogP contribution in [0.3, 0.4) is 0 Å². The number of phenolic OH excluding ortho intramolecular Hbond substituents is 1. The number of nitrogens with one attached hydrogen (secondary N) is 1. The Bertz CT molecular complexity index is 418. The van der Waals surface area contributed by atoms with Gasteiger partial charge in [0.15, 0.2) is 0 Å². The number of hydrogen-bond donors (Lipinski definition) is 2. The van der Waals surface area contributed by atoms with Crippen LogP contribution < -0.4 is 5.32 Å². The van der Waals surface area contributed by atoms with Gasteiger partial charge in [0.25, 0.3) is 5.91 Å². The smallest absolute Gasteiger partial charge is 0.251 e. The monoisotopic (exact) mass is 313 g/mol. The Morgan fingerprint density at radius 1 is 1.44 bits per heavy atom. The Morgan fingerprint density at radius 3 is 2.67 bits per heavy atom. The lowest BCUT2D eigenvalue weighted by atomic mass is 10.1. The highest BCUT2D eigenvalue weighted by Crippen LogP contribution is 2.16. The van der Waals surface area contributed by atoms with Gasteiger partial charge in [-0.2, -0.15) is 0 Å². The summed E-state index contributed by atoms with van der Waals surface area (Å²) in [4.78, 5) is 12.2. The second-order valence-electron chi connectivity index (χ2n) is 4.94. The van der Waals surface area contributed by atoms with Crippen LogP contribution in [0.4, 0.5) is 0 Å². The molecule has 3 nitrogen and oxygen atoms in total. The number of benzene rings is 1. The van der Waals surface area contributed by atoms with Crippen molar-refractivity contribution in [1.29, 1.82) is 0 Å². The summed E-state index contributed by atoms with van der Waals surface area (Å²) < 4.78 is 0. The van der Waals surface area contributed by atoms with Gasteiger partial charge in [0.2, 0.25) is 0 Å². The molecule has 0 aliphatic carbocycles. The quantitative estimate of drug-likeness (QED) is 0.820. The molecule has 18 heavy (non-hydrogen) atoms. The normalized spacial score (nSPS) is 12.5. The summed E-state index contributed by atoms with van der Waals surface area (Å²) in [5.74, 6) is 0.685. The molecule has 0 heterocycles. The van der Waals surface area contributed by atoms with Crippen molar-refractivity contribution in [3.8, 4) is 5.75 Å². The number of halogens is 1. The third-order valence-electron chi connectivity index (χ3n) is 2.67. The molecule has 0 aliphatic heterocycles.